The van der Waals surface area contributed by atoms with Crippen LogP contribution in [0.3, 0.4) is 0 Å². The fourth-order valence-corrected chi connectivity index (χ4v) is 0.752. The lowest BCUT2D eigenvalue weighted by atomic mass is 10.3. The van der Waals surface area contributed by atoms with Crippen molar-refractivity contribution in [3.8, 4) is 0 Å². The van der Waals surface area contributed by atoms with E-state index in [-0.39, 0.29) is 0 Å². The van der Waals surface area contributed by atoms with Crippen LogP contribution in [0.4, 0.5) is 0 Å². The van der Waals surface area contributed by atoms with Gasteiger partial charge in [0.2, 0.25) is 0 Å². The highest BCUT2D eigenvalue weighted by molar-refractivity contribution is 5.73. The first-order valence-corrected chi connectivity index (χ1v) is 4.37. The third-order valence-electron chi connectivity index (χ3n) is 1.77. The highest BCUT2D eigenvalue weighted by atomic mass is 16.4. The molecule has 6 heteroatoms. The summed E-state index contributed by atoms with van der Waals surface area (Å²) in [5.41, 5.74) is 0. The maximum atomic E-state index is 10.4. The Bertz CT molecular complexity index is 186. The zero-order chi connectivity index (χ0) is 11.1. The smallest absolute Gasteiger partial charge is 0.320 e. The standard InChI is InChI=1S/C8H16N2O4/c1-5(7(11)12)9-3-4-10-6(2)8(13)14/h5-6,9-10H,3-4H2,1-2H3,(H,11,12)(H,13,14)/t5-,6-/m0/s1. The van der Waals surface area contributed by atoms with Crippen molar-refractivity contribution >= 4 is 11.9 Å². The van der Waals surface area contributed by atoms with Crippen LogP contribution in [0.1, 0.15) is 13.8 Å². The van der Waals surface area contributed by atoms with Crippen LogP contribution in [-0.2, 0) is 9.59 Å². The van der Waals surface area contributed by atoms with Gasteiger partial charge in [-0.3, -0.25) is 9.59 Å². The lowest BCUT2D eigenvalue weighted by Crippen LogP contribution is -2.42. The predicted octanol–water partition coefficient (Wildman–Crippen LogP) is -0.888. The van der Waals surface area contributed by atoms with Crippen molar-refractivity contribution in [3.05, 3.63) is 0 Å². The molecule has 0 aliphatic rings. The van der Waals surface area contributed by atoms with E-state index in [1.165, 1.54) is 13.8 Å². The average Bonchev–Trinajstić information content (AvgIpc) is 2.11. The third kappa shape index (κ3) is 5.50. The highest BCUT2D eigenvalue weighted by Crippen LogP contribution is 1.81. The van der Waals surface area contributed by atoms with Crippen LogP contribution in [0.2, 0.25) is 0 Å². The molecule has 2 atom stereocenters. The molecule has 0 radical (unpaired) electrons. The molecule has 0 aliphatic heterocycles. The van der Waals surface area contributed by atoms with Gasteiger partial charge in [-0.05, 0) is 13.8 Å². The van der Waals surface area contributed by atoms with Gasteiger partial charge < -0.3 is 20.8 Å². The Kier molecular flexibility index (Phi) is 5.82. The fraction of sp³-hybridized carbons (Fsp3) is 0.750. The van der Waals surface area contributed by atoms with Gasteiger partial charge in [-0.2, -0.15) is 0 Å². The number of rotatable bonds is 7. The lowest BCUT2D eigenvalue weighted by Gasteiger charge is -2.11. The van der Waals surface area contributed by atoms with Crippen LogP contribution in [0.15, 0.2) is 0 Å². The van der Waals surface area contributed by atoms with Gasteiger partial charge in [-0.15, -0.1) is 0 Å². The zero-order valence-electron chi connectivity index (χ0n) is 8.28. The maximum absolute atomic E-state index is 10.4. The van der Waals surface area contributed by atoms with Crippen molar-refractivity contribution in [1.29, 1.82) is 0 Å². The van der Waals surface area contributed by atoms with Crippen molar-refractivity contribution in [1.82, 2.24) is 10.6 Å². The monoisotopic (exact) mass is 204 g/mol. The molecule has 0 aromatic heterocycles. The molecule has 0 unspecified atom stereocenters. The van der Waals surface area contributed by atoms with Crippen molar-refractivity contribution in [2.75, 3.05) is 13.1 Å². The average molecular weight is 204 g/mol. The van der Waals surface area contributed by atoms with Gasteiger partial charge in [0.25, 0.3) is 0 Å². The largest absolute Gasteiger partial charge is 0.480 e. The van der Waals surface area contributed by atoms with E-state index < -0.39 is 24.0 Å². The van der Waals surface area contributed by atoms with Crippen molar-refractivity contribution in [2.45, 2.75) is 25.9 Å². The van der Waals surface area contributed by atoms with Gasteiger partial charge in [-0.1, -0.05) is 0 Å². The molecule has 4 N–H and O–H groups in total. The first-order chi connectivity index (χ1) is 6.45. The number of aliphatic carboxylic acids is 2. The van der Waals surface area contributed by atoms with Crippen LogP contribution in [0.25, 0.3) is 0 Å². The molecular formula is C8H16N2O4. The summed E-state index contributed by atoms with van der Waals surface area (Å²) in [5, 5.41) is 22.4. The number of hydrogen-bond donors (Lipinski definition) is 4. The summed E-state index contributed by atoms with van der Waals surface area (Å²) in [5.74, 6) is -1.84. The van der Waals surface area contributed by atoms with Gasteiger partial charge >= 0.3 is 11.9 Å². The van der Waals surface area contributed by atoms with E-state index in [0.717, 1.165) is 0 Å². The quantitative estimate of drug-likeness (QED) is 0.402. The minimum atomic E-state index is -0.920. The Morgan fingerprint density at radius 2 is 1.29 bits per heavy atom. The molecule has 0 aromatic carbocycles. The molecule has 0 fully saturated rings. The zero-order valence-corrected chi connectivity index (χ0v) is 8.28. The summed E-state index contributed by atoms with van der Waals surface area (Å²) in [6.07, 6.45) is 0. The molecule has 0 aliphatic carbocycles. The van der Waals surface area contributed by atoms with E-state index >= 15 is 0 Å². The second kappa shape index (κ2) is 6.33. The summed E-state index contributed by atoms with van der Waals surface area (Å²) in [6.45, 7) is 3.90. The molecule has 0 saturated heterocycles. The predicted molar refractivity (Wildman–Crippen MR) is 50.2 cm³/mol. The Morgan fingerprint density at radius 3 is 1.50 bits per heavy atom. The van der Waals surface area contributed by atoms with Crippen LogP contribution in [-0.4, -0.2) is 47.3 Å². The summed E-state index contributed by atoms with van der Waals surface area (Å²) in [6, 6.07) is -1.23. The van der Waals surface area contributed by atoms with E-state index in [2.05, 4.69) is 10.6 Å². The number of carboxylic acid groups (broad SMARTS) is 2. The van der Waals surface area contributed by atoms with Crippen molar-refractivity contribution in [3.63, 3.8) is 0 Å². The topological polar surface area (TPSA) is 98.7 Å². The highest BCUT2D eigenvalue weighted by Gasteiger charge is 2.11. The summed E-state index contributed by atoms with van der Waals surface area (Å²) < 4.78 is 0. The van der Waals surface area contributed by atoms with E-state index in [4.69, 9.17) is 10.2 Å². The Morgan fingerprint density at radius 1 is 1.00 bits per heavy atom. The molecule has 82 valence electrons. The van der Waals surface area contributed by atoms with Crippen molar-refractivity contribution in [2.24, 2.45) is 0 Å². The first kappa shape index (κ1) is 12.9. The number of carboxylic acids is 2. The molecule has 0 amide bonds. The molecule has 0 bridgehead atoms. The SMILES string of the molecule is C[C@H](NCCN[C@@H](C)C(=O)O)C(=O)O. The molecule has 0 saturated carbocycles. The fourth-order valence-electron chi connectivity index (χ4n) is 0.752. The molecular weight excluding hydrogens is 188 g/mol. The minimum absolute atomic E-state index is 0.422. The summed E-state index contributed by atoms with van der Waals surface area (Å²) in [4.78, 5) is 20.7. The Hall–Kier alpha value is -1.14. The number of carbonyl (C=O) groups is 2. The molecule has 0 rings (SSSR count). The van der Waals surface area contributed by atoms with Crippen LogP contribution >= 0.6 is 0 Å². The Balaban J connectivity index is 3.47. The van der Waals surface area contributed by atoms with Gasteiger partial charge in [0.05, 0.1) is 0 Å². The van der Waals surface area contributed by atoms with E-state index in [9.17, 15) is 9.59 Å². The molecule has 14 heavy (non-hydrogen) atoms. The molecule has 6 nitrogen and oxygen atoms in total. The van der Waals surface area contributed by atoms with Gasteiger partial charge in [0.15, 0.2) is 0 Å². The second-order valence-corrected chi connectivity index (χ2v) is 3.03. The van der Waals surface area contributed by atoms with Crippen LogP contribution < -0.4 is 10.6 Å². The normalized spacial score (nSPS) is 14.7. The maximum Gasteiger partial charge on any atom is 0.320 e. The van der Waals surface area contributed by atoms with E-state index in [0.29, 0.717) is 13.1 Å². The van der Waals surface area contributed by atoms with E-state index in [1.807, 2.05) is 0 Å². The first-order valence-electron chi connectivity index (χ1n) is 4.37. The second-order valence-electron chi connectivity index (χ2n) is 3.03. The minimum Gasteiger partial charge on any atom is -0.480 e. The number of hydrogen-bond acceptors (Lipinski definition) is 4. The number of nitrogens with one attached hydrogen (secondary N) is 2. The van der Waals surface area contributed by atoms with Crippen LogP contribution in [0, 0.1) is 0 Å². The Labute approximate surface area is 82.3 Å². The summed E-state index contributed by atoms with van der Waals surface area (Å²) in [7, 11) is 0. The molecule has 0 aromatic rings. The van der Waals surface area contributed by atoms with E-state index in [1.54, 1.807) is 0 Å². The van der Waals surface area contributed by atoms with Crippen LogP contribution in [0.5, 0.6) is 0 Å². The summed E-state index contributed by atoms with van der Waals surface area (Å²) >= 11 is 0. The third-order valence-corrected chi connectivity index (χ3v) is 1.77. The van der Waals surface area contributed by atoms with Gasteiger partial charge in [0.1, 0.15) is 12.1 Å². The lowest BCUT2D eigenvalue weighted by molar-refractivity contribution is -0.140. The van der Waals surface area contributed by atoms with Gasteiger partial charge in [0, 0.05) is 13.1 Å². The van der Waals surface area contributed by atoms with Crippen molar-refractivity contribution < 1.29 is 19.8 Å². The molecule has 0 spiro atoms. The van der Waals surface area contributed by atoms with Gasteiger partial charge in [-0.25, -0.2) is 0 Å². The molecule has 0 heterocycles.